The fourth-order valence-corrected chi connectivity index (χ4v) is 1.87. The van der Waals surface area contributed by atoms with Crippen LogP contribution in [0.2, 0.25) is 0 Å². The second-order valence-corrected chi connectivity index (χ2v) is 4.66. The molecule has 0 aliphatic heterocycles. The van der Waals surface area contributed by atoms with Crippen LogP contribution < -0.4 is 5.32 Å². The Balaban J connectivity index is 1.68. The Morgan fingerprint density at radius 3 is 2.58 bits per heavy atom. The first-order valence-corrected chi connectivity index (χ1v) is 6.71. The third kappa shape index (κ3) is 3.24. The summed E-state index contributed by atoms with van der Waals surface area (Å²) in [4.78, 5) is 19.9. The van der Waals surface area contributed by atoms with E-state index in [1.54, 1.807) is 24.4 Å². The molecule has 2 heterocycles. The number of carbonyl (C=O) groups is 1. The summed E-state index contributed by atoms with van der Waals surface area (Å²) in [7, 11) is 0. The molecule has 3 aromatic rings. The normalized spacial score (nSPS) is 10.6. The van der Waals surface area contributed by atoms with E-state index in [9.17, 15) is 18.0 Å². The zero-order valence-corrected chi connectivity index (χ0v) is 12.0. The van der Waals surface area contributed by atoms with E-state index in [-0.39, 0.29) is 23.8 Å². The van der Waals surface area contributed by atoms with Crippen molar-refractivity contribution in [2.45, 2.75) is 6.54 Å². The van der Waals surface area contributed by atoms with Crippen LogP contribution in [0.15, 0.2) is 41.1 Å². The fraction of sp³-hybridized carbons (Fsp3) is 0.0667. The molecule has 1 aromatic carbocycles. The smallest absolute Gasteiger partial charge is 0.251 e. The number of nitrogens with one attached hydrogen (secondary N) is 1. The SMILES string of the molecule is O=C(NCc1nc(-c2ccccn2)no1)c1cc(F)c(F)c(F)c1. The Morgan fingerprint density at radius 1 is 1.17 bits per heavy atom. The third-order valence-corrected chi connectivity index (χ3v) is 3.01. The van der Waals surface area contributed by atoms with Crippen molar-refractivity contribution in [3.63, 3.8) is 0 Å². The number of nitrogens with zero attached hydrogens (tertiary/aromatic N) is 3. The number of carbonyl (C=O) groups excluding carboxylic acids is 1. The number of pyridine rings is 1. The molecule has 2 aromatic heterocycles. The summed E-state index contributed by atoms with van der Waals surface area (Å²) in [6, 6.07) is 6.35. The van der Waals surface area contributed by atoms with Crippen LogP contribution >= 0.6 is 0 Å². The van der Waals surface area contributed by atoms with Gasteiger partial charge in [-0.05, 0) is 24.3 Å². The van der Waals surface area contributed by atoms with E-state index in [1.165, 1.54) is 0 Å². The molecular weight excluding hydrogens is 325 g/mol. The highest BCUT2D eigenvalue weighted by Crippen LogP contribution is 2.14. The van der Waals surface area contributed by atoms with Crippen LogP contribution in [0, 0.1) is 17.5 Å². The van der Waals surface area contributed by atoms with Crippen molar-refractivity contribution in [1.29, 1.82) is 0 Å². The number of halogens is 3. The highest BCUT2D eigenvalue weighted by atomic mass is 19.2. The Hall–Kier alpha value is -3.23. The van der Waals surface area contributed by atoms with Crippen molar-refractivity contribution >= 4 is 5.91 Å². The number of hydrogen-bond acceptors (Lipinski definition) is 5. The first kappa shape index (κ1) is 15.7. The lowest BCUT2D eigenvalue weighted by Gasteiger charge is -2.03. The summed E-state index contributed by atoms with van der Waals surface area (Å²) < 4.78 is 44.0. The summed E-state index contributed by atoms with van der Waals surface area (Å²) in [6.07, 6.45) is 1.56. The molecule has 0 aliphatic carbocycles. The van der Waals surface area contributed by atoms with Gasteiger partial charge in [-0.3, -0.25) is 9.78 Å². The molecule has 0 aliphatic rings. The Bertz CT molecular complexity index is 860. The van der Waals surface area contributed by atoms with Crippen molar-refractivity contribution in [3.8, 4) is 11.5 Å². The number of hydrogen-bond donors (Lipinski definition) is 1. The van der Waals surface area contributed by atoms with Gasteiger partial charge in [0, 0.05) is 11.8 Å². The molecule has 1 N–H and O–H groups in total. The summed E-state index contributed by atoms with van der Waals surface area (Å²) >= 11 is 0. The minimum atomic E-state index is -1.64. The van der Waals surface area contributed by atoms with Gasteiger partial charge in [0.15, 0.2) is 17.5 Å². The lowest BCUT2D eigenvalue weighted by Crippen LogP contribution is -2.23. The van der Waals surface area contributed by atoms with Gasteiger partial charge in [0.25, 0.3) is 5.91 Å². The molecular formula is C15H9F3N4O2. The van der Waals surface area contributed by atoms with Gasteiger partial charge >= 0.3 is 0 Å². The quantitative estimate of drug-likeness (QED) is 0.742. The van der Waals surface area contributed by atoms with E-state index < -0.39 is 23.4 Å². The van der Waals surface area contributed by atoms with Gasteiger partial charge in [-0.25, -0.2) is 13.2 Å². The average Bonchev–Trinajstić information content (AvgIpc) is 3.07. The fourth-order valence-electron chi connectivity index (χ4n) is 1.87. The summed E-state index contributed by atoms with van der Waals surface area (Å²) in [5.41, 5.74) is 0.123. The van der Waals surface area contributed by atoms with Crippen LogP contribution in [-0.2, 0) is 6.54 Å². The Labute approximate surface area is 133 Å². The lowest BCUT2D eigenvalue weighted by molar-refractivity contribution is 0.0945. The largest absolute Gasteiger partial charge is 0.343 e. The van der Waals surface area contributed by atoms with E-state index in [4.69, 9.17) is 4.52 Å². The molecule has 3 rings (SSSR count). The second-order valence-electron chi connectivity index (χ2n) is 4.66. The van der Waals surface area contributed by atoms with Crippen molar-refractivity contribution in [2.75, 3.05) is 0 Å². The van der Waals surface area contributed by atoms with Gasteiger partial charge in [-0.1, -0.05) is 11.2 Å². The van der Waals surface area contributed by atoms with Crippen molar-refractivity contribution in [1.82, 2.24) is 20.4 Å². The van der Waals surface area contributed by atoms with Crippen LogP contribution in [0.25, 0.3) is 11.5 Å². The maximum atomic E-state index is 13.1. The van der Waals surface area contributed by atoms with Crippen LogP contribution in [-0.4, -0.2) is 21.0 Å². The molecule has 1 amide bonds. The standard InChI is InChI=1S/C15H9F3N4O2/c16-9-5-8(6-10(17)13(9)18)15(23)20-7-12-21-14(22-24-12)11-3-1-2-4-19-11/h1-6H,7H2,(H,20,23). The number of amides is 1. The van der Waals surface area contributed by atoms with E-state index >= 15 is 0 Å². The topological polar surface area (TPSA) is 80.9 Å². The van der Waals surface area contributed by atoms with Gasteiger partial charge < -0.3 is 9.84 Å². The molecule has 0 atom stereocenters. The highest BCUT2D eigenvalue weighted by molar-refractivity contribution is 5.94. The van der Waals surface area contributed by atoms with Gasteiger partial charge in [0.1, 0.15) is 5.69 Å². The molecule has 9 heteroatoms. The first-order chi connectivity index (χ1) is 11.5. The maximum Gasteiger partial charge on any atom is 0.251 e. The second kappa shape index (κ2) is 6.49. The zero-order valence-electron chi connectivity index (χ0n) is 12.0. The Morgan fingerprint density at radius 2 is 1.92 bits per heavy atom. The summed E-state index contributed by atoms with van der Waals surface area (Å²) in [5.74, 6) is -5.04. The molecule has 0 radical (unpaired) electrons. The van der Waals surface area contributed by atoms with E-state index in [2.05, 4.69) is 20.4 Å². The third-order valence-electron chi connectivity index (χ3n) is 3.01. The zero-order chi connectivity index (χ0) is 17.1. The Kier molecular flexibility index (Phi) is 4.23. The molecule has 0 bridgehead atoms. The number of rotatable bonds is 4. The minimum absolute atomic E-state index is 0.0760. The molecule has 24 heavy (non-hydrogen) atoms. The van der Waals surface area contributed by atoms with Crippen molar-refractivity contribution in [2.24, 2.45) is 0 Å². The summed E-state index contributed by atoms with van der Waals surface area (Å²) in [5, 5.41) is 6.05. The van der Waals surface area contributed by atoms with Gasteiger partial charge in [0.05, 0.1) is 6.54 Å². The number of benzene rings is 1. The summed E-state index contributed by atoms with van der Waals surface area (Å²) in [6.45, 7) is -0.167. The van der Waals surface area contributed by atoms with Crippen LogP contribution in [0.3, 0.4) is 0 Å². The van der Waals surface area contributed by atoms with Gasteiger partial charge in [-0.15, -0.1) is 0 Å². The predicted octanol–water partition coefficient (Wildman–Crippen LogP) is 2.48. The highest BCUT2D eigenvalue weighted by Gasteiger charge is 2.16. The monoisotopic (exact) mass is 334 g/mol. The predicted molar refractivity (Wildman–Crippen MR) is 75.0 cm³/mol. The molecule has 6 nitrogen and oxygen atoms in total. The molecule has 0 saturated carbocycles. The van der Waals surface area contributed by atoms with Crippen LogP contribution in [0.5, 0.6) is 0 Å². The number of aromatic nitrogens is 3. The molecule has 0 unspecified atom stereocenters. The van der Waals surface area contributed by atoms with Crippen LogP contribution in [0.1, 0.15) is 16.2 Å². The van der Waals surface area contributed by atoms with Crippen molar-refractivity contribution < 1.29 is 22.5 Å². The lowest BCUT2D eigenvalue weighted by atomic mass is 10.2. The van der Waals surface area contributed by atoms with Gasteiger partial charge in [0.2, 0.25) is 11.7 Å². The maximum absolute atomic E-state index is 13.1. The molecule has 0 saturated heterocycles. The van der Waals surface area contributed by atoms with E-state index in [0.29, 0.717) is 17.8 Å². The average molecular weight is 334 g/mol. The van der Waals surface area contributed by atoms with Gasteiger partial charge in [-0.2, -0.15) is 4.98 Å². The molecule has 122 valence electrons. The first-order valence-electron chi connectivity index (χ1n) is 6.71. The molecule has 0 fully saturated rings. The van der Waals surface area contributed by atoms with E-state index in [0.717, 1.165) is 0 Å². The molecule has 0 spiro atoms. The van der Waals surface area contributed by atoms with Crippen molar-refractivity contribution in [3.05, 3.63) is 65.4 Å². The minimum Gasteiger partial charge on any atom is -0.343 e. The van der Waals surface area contributed by atoms with E-state index in [1.807, 2.05) is 0 Å². The van der Waals surface area contributed by atoms with Crippen LogP contribution in [0.4, 0.5) is 13.2 Å².